The molecule has 4 aromatic rings. The Morgan fingerprint density at radius 3 is 2.48 bits per heavy atom. The van der Waals surface area contributed by atoms with Gasteiger partial charge in [0.05, 0.1) is 12.1 Å². The number of anilines is 1. The Balaban J connectivity index is 1.24. The summed E-state index contributed by atoms with van der Waals surface area (Å²) in [5.74, 6) is 1.22. The Morgan fingerprint density at radius 2 is 1.73 bits per heavy atom. The number of amides is 1. The summed E-state index contributed by atoms with van der Waals surface area (Å²) in [5, 5.41) is 12.3. The van der Waals surface area contributed by atoms with Crippen molar-refractivity contribution in [1.82, 2.24) is 40.0 Å². The third kappa shape index (κ3) is 4.65. The van der Waals surface area contributed by atoms with Gasteiger partial charge in [0.1, 0.15) is 24.0 Å². The van der Waals surface area contributed by atoms with E-state index in [-0.39, 0.29) is 5.91 Å². The van der Waals surface area contributed by atoms with Crippen LogP contribution in [-0.4, -0.2) is 72.1 Å². The van der Waals surface area contributed by atoms with Gasteiger partial charge in [-0.2, -0.15) is 0 Å². The molecule has 2 aromatic carbocycles. The third-order valence-corrected chi connectivity index (χ3v) is 5.97. The van der Waals surface area contributed by atoms with Crippen molar-refractivity contribution >= 4 is 22.6 Å². The Labute approximate surface area is 191 Å². The van der Waals surface area contributed by atoms with Crippen LogP contribution >= 0.6 is 0 Å². The van der Waals surface area contributed by atoms with Crippen molar-refractivity contribution in [3.05, 3.63) is 72.3 Å². The molecule has 1 atom stereocenters. The van der Waals surface area contributed by atoms with Crippen LogP contribution in [0, 0.1) is 0 Å². The summed E-state index contributed by atoms with van der Waals surface area (Å²) in [7, 11) is 0. The van der Waals surface area contributed by atoms with Crippen molar-refractivity contribution in [3.8, 4) is 0 Å². The lowest BCUT2D eigenvalue weighted by atomic mass is 10.0. The number of aromatic nitrogens is 6. The van der Waals surface area contributed by atoms with Crippen LogP contribution in [0.1, 0.15) is 17.4 Å². The molecule has 2 aromatic heterocycles. The molecule has 0 aliphatic carbocycles. The molecule has 1 unspecified atom stereocenters. The molecular formula is C23H25N9O. The highest BCUT2D eigenvalue weighted by molar-refractivity contribution is 5.87. The fourth-order valence-corrected chi connectivity index (χ4v) is 4.20. The molecule has 1 aliphatic heterocycles. The van der Waals surface area contributed by atoms with Gasteiger partial charge in [-0.3, -0.25) is 9.69 Å². The van der Waals surface area contributed by atoms with E-state index in [0.717, 1.165) is 29.6 Å². The molecule has 10 heteroatoms. The molecule has 10 nitrogen and oxygen atoms in total. The van der Waals surface area contributed by atoms with Crippen LogP contribution in [0.15, 0.2) is 60.9 Å². The maximum Gasteiger partial charge on any atom is 0.248 e. The van der Waals surface area contributed by atoms with Crippen LogP contribution in [0.3, 0.4) is 0 Å². The van der Waals surface area contributed by atoms with Crippen LogP contribution in [-0.2, 0) is 17.8 Å². The minimum absolute atomic E-state index is 0.0250. The molecule has 33 heavy (non-hydrogen) atoms. The number of carbonyl (C=O) groups excluding carboxylic acids is 1. The van der Waals surface area contributed by atoms with E-state index in [2.05, 4.69) is 30.4 Å². The first-order chi connectivity index (χ1) is 16.2. The number of hydrogen-bond acceptors (Lipinski definition) is 8. The number of fused-ring (bicyclic) bond motifs is 1. The maximum atomic E-state index is 13.4. The maximum absolute atomic E-state index is 13.4. The average Bonchev–Trinajstić information content (AvgIpc) is 3.38. The van der Waals surface area contributed by atoms with E-state index in [1.807, 2.05) is 59.5 Å². The minimum Gasteiger partial charge on any atom is -0.383 e. The number of tetrazole rings is 1. The van der Waals surface area contributed by atoms with E-state index in [4.69, 9.17) is 5.73 Å². The summed E-state index contributed by atoms with van der Waals surface area (Å²) in [6.45, 7) is 3.30. The Morgan fingerprint density at radius 1 is 0.970 bits per heavy atom. The molecule has 168 valence electrons. The number of hydrogen-bond donors (Lipinski definition) is 1. The first kappa shape index (κ1) is 21.0. The van der Waals surface area contributed by atoms with Crippen molar-refractivity contribution < 1.29 is 4.79 Å². The number of piperazine rings is 1. The third-order valence-electron chi connectivity index (χ3n) is 5.97. The summed E-state index contributed by atoms with van der Waals surface area (Å²) >= 11 is 0. The fraction of sp³-hybridized carbons (Fsp3) is 0.304. The quantitative estimate of drug-likeness (QED) is 0.474. The SMILES string of the molecule is Nc1nc(CN2CCN(C(=O)C(Cc3ccccc3)n3cnnn3)CC2)nc2ccccc12. The second-order valence-corrected chi connectivity index (χ2v) is 8.14. The lowest BCUT2D eigenvalue weighted by Gasteiger charge is -2.36. The predicted molar refractivity (Wildman–Crippen MR) is 123 cm³/mol. The molecule has 0 radical (unpaired) electrons. The number of nitrogen functional groups attached to an aromatic ring is 1. The summed E-state index contributed by atoms with van der Waals surface area (Å²) in [4.78, 5) is 26.7. The summed E-state index contributed by atoms with van der Waals surface area (Å²) < 4.78 is 1.55. The van der Waals surface area contributed by atoms with E-state index in [0.29, 0.717) is 37.7 Å². The van der Waals surface area contributed by atoms with Gasteiger partial charge in [0.15, 0.2) is 0 Å². The van der Waals surface area contributed by atoms with Crippen molar-refractivity contribution in [2.75, 3.05) is 31.9 Å². The van der Waals surface area contributed by atoms with Crippen molar-refractivity contribution in [2.24, 2.45) is 0 Å². The van der Waals surface area contributed by atoms with Gasteiger partial charge in [-0.25, -0.2) is 14.6 Å². The van der Waals surface area contributed by atoms with Gasteiger partial charge in [-0.05, 0) is 28.1 Å². The van der Waals surface area contributed by atoms with Gasteiger partial charge in [0.2, 0.25) is 5.91 Å². The number of benzene rings is 2. The Hall–Kier alpha value is -3.92. The molecular weight excluding hydrogens is 418 g/mol. The lowest BCUT2D eigenvalue weighted by Crippen LogP contribution is -2.50. The number of para-hydroxylation sites is 1. The van der Waals surface area contributed by atoms with Crippen LogP contribution in [0.2, 0.25) is 0 Å². The van der Waals surface area contributed by atoms with Crippen molar-refractivity contribution in [2.45, 2.75) is 19.0 Å². The zero-order chi connectivity index (χ0) is 22.6. The van der Waals surface area contributed by atoms with Crippen LogP contribution in [0.25, 0.3) is 10.9 Å². The zero-order valence-electron chi connectivity index (χ0n) is 18.2. The minimum atomic E-state index is -0.474. The number of carbonyl (C=O) groups is 1. The van der Waals surface area contributed by atoms with E-state index in [9.17, 15) is 4.79 Å². The Kier molecular flexibility index (Phi) is 5.90. The molecule has 0 bridgehead atoms. The molecule has 5 rings (SSSR count). The van der Waals surface area contributed by atoms with Crippen LogP contribution in [0.5, 0.6) is 0 Å². The molecule has 1 aliphatic rings. The molecule has 1 saturated heterocycles. The van der Waals surface area contributed by atoms with Crippen molar-refractivity contribution in [1.29, 1.82) is 0 Å². The first-order valence-corrected chi connectivity index (χ1v) is 11.0. The standard InChI is InChI=1S/C23H25N9O/c24-22-18-8-4-5-9-19(18)26-21(27-22)15-30-10-12-31(13-11-30)23(33)20(32-16-25-28-29-32)14-17-6-2-1-3-7-17/h1-9,16,20H,10-15H2,(H2,24,26,27). The van der Waals surface area contributed by atoms with Crippen LogP contribution in [0.4, 0.5) is 5.82 Å². The summed E-state index contributed by atoms with van der Waals surface area (Å²) in [6.07, 6.45) is 2.04. The fourth-order valence-electron chi connectivity index (χ4n) is 4.20. The number of nitrogens with zero attached hydrogens (tertiary/aromatic N) is 8. The first-order valence-electron chi connectivity index (χ1n) is 11.0. The van der Waals surface area contributed by atoms with E-state index >= 15 is 0 Å². The topological polar surface area (TPSA) is 119 Å². The zero-order valence-corrected chi connectivity index (χ0v) is 18.2. The molecule has 0 spiro atoms. The van der Waals surface area contributed by atoms with Crippen molar-refractivity contribution in [3.63, 3.8) is 0 Å². The van der Waals surface area contributed by atoms with Gasteiger partial charge in [-0.15, -0.1) is 5.10 Å². The lowest BCUT2D eigenvalue weighted by molar-refractivity contribution is -0.137. The van der Waals surface area contributed by atoms with Gasteiger partial charge in [0, 0.05) is 38.0 Å². The van der Waals surface area contributed by atoms with Gasteiger partial charge >= 0.3 is 0 Å². The van der Waals surface area contributed by atoms with E-state index < -0.39 is 6.04 Å². The average molecular weight is 444 g/mol. The van der Waals surface area contributed by atoms with Crippen LogP contribution < -0.4 is 5.73 Å². The smallest absolute Gasteiger partial charge is 0.248 e. The normalized spacial score (nSPS) is 15.6. The van der Waals surface area contributed by atoms with E-state index in [1.165, 1.54) is 6.33 Å². The second-order valence-electron chi connectivity index (χ2n) is 8.14. The molecule has 0 saturated carbocycles. The summed E-state index contributed by atoms with van der Waals surface area (Å²) in [5.41, 5.74) is 8.04. The van der Waals surface area contributed by atoms with E-state index in [1.54, 1.807) is 4.68 Å². The van der Waals surface area contributed by atoms with Gasteiger partial charge < -0.3 is 10.6 Å². The predicted octanol–water partition coefficient (Wildman–Crippen LogP) is 1.33. The molecule has 3 heterocycles. The van der Waals surface area contributed by atoms with Gasteiger partial charge in [-0.1, -0.05) is 42.5 Å². The molecule has 1 amide bonds. The molecule has 1 fully saturated rings. The highest BCUT2D eigenvalue weighted by atomic mass is 16.2. The highest BCUT2D eigenvalue weighted by Gasteiger charge is 2.30. The monoisotopic (exact) mass is 443 g/mol. The number of rotatable bonds is 6. The highest BCUT2D eigenvalue weighted by Crippen LogP contribution is 2.20. The largest absolute Gasteiger partial charge is 0.383 e. The second kappa shape index (κ2) is 9.29. The Bertz CT molecular complexity index is 1220. The van der Waals surface area contributed by atoms with Gasteiger partial charge in [0.25, 0.3) is 0 Å². The molecule has 2 N–H and O–H groups in total. The number of nitrogens with two attached hydrogens (primary N) is 1. The summed E-state index contributed by atoms with van der Waals surface area (Å²) in [6, 6.07) is 17.2.